The summed E-state index contributed by atoms with van der Waals surface area (Å²) in [7, 11) is 0. The normalized spacial score (nSPS) is 17.9. The second-order valence-electron chi connectivity index (χ2n) is 9.70. The zero-order valence-electron chi connectivity index (χ0n) is 20.7. The van der Waals surface area contributed by atoms with E-state index in [1.807, 2.05) is 20.8 Å². The molecule has 3 aromatic rings. The number of carbonyl (C=O) groups is 1. The van der Waals surface area contributed by atoms with Gasteiger partial charge in [-0.1, -0.05) is 63.8 Å². The summed E-state index contributed by atoms with van der Waals surface area (Å²) < 4.78 is 43.3. The summed E-state index contributed by atoms with van der Waals surface area (Å²) in [6, 6.07) is 13.7. The summed E-state index contributed by atoms with van der Waals surface area (Å²) in [6.07, 6.45) is -3.99. The number of nitrogens with one attached hydrogen (secondary N) is 1. The van der Waals surface area contributed by atoms with Gasteiger partial charge in [0.1, 0.15) is 5.60 Å². The molecule has 1 unspecified atom stereocenters. The first-order valence-corrected chi connectivity index (χ1v) is 12.3. The van der Waals surface area contributed by atoms with Crippen molar-refractivity contribution < 1.29 is 27.6 Å². The molecule has 4 rings (SSSR count). The number of hydrogen-bond donors (Lipinski definition) is 1. The van der Waals surface area contributed by atoms with Crippen LogP contribution in [0.2, 0.25) is 10.0 Å². The Morgan fingerprint density at radius 2 is 1.76 bits per heavy atom. The van der Waals surface area contributed by atoms with Crippen LogP contribution in [0.5, 0.6) is 0 Å². The highest BCUT2D eigenvalue weighted by atomic mass is 35.5. The molecule has 0 aromatic heterocycles. The first kappa shape index (κ1) is 27.7. The van der Waals surface area contributed by atoms with Gasteiger partial charge < -0.3 is 15.0 Å². The van der Waals surface area contributed by atoms with Gasteiger partial charge in [-0.15, -0.1) is 0 Å². The van der Waals surface area contributed by atoms with Crippen molar-refractivity contribution in [3.05, 3.63) is 81.3 Å². The van der Waals surface area contributed by atoms with E-state index in [9.17, 15) is 18.0 Å². The lowest BCUT2D eigenvalue weighted by molar-refractivity contribution is -0.275. The summed E-state index contributed by atoms with van der Waals surface area (Å²) in [5.41, 5.74) is -2.63. The fraction of sp³-hybridized carbons (Fsp3) is 0.296. The number of carbonyl (C=O) groups excluding carboxylic acids is 1. The Morgan fingerprint density at radius 3 is 2.39 bits per heavy atom. The van der Waals surface area contributed by atoms with E-state index in [-0.39, 0.29) is 33.8 Å². The summed E-state index contributed by atoms with van der Waals surface area (Å²) in [4.78, 5) is 23.3. The van der Waals surface area contributed by atoms with Crippen molar-refractivity contribution >= 4 is 51.8 Å². The molecule has 0 saturated carbocycles. The Morgan fingerprint density at radius 1 is 1.11 bits per heavy atom. The van der Waals surface area contributed by atoms with Gasteiger partial charge in [0.25, 0.3) is 11.5 Å². The molecular formula is C27H24Cl2F3N3O3. The van der Waals surface area contributed by atoms with E-state index in [2.05, 4.69) is 15.6 Å². The molecular weight excluding hydrogens is 542 g/mol. The molecule has 0 radical (unpaired) electrons. The quantitative estimate of drug-likeness (QED) is 0.252. The zero-order valence-corrected chi connectivity index (χ0v) is 22.2. The molecule has 1 heterocycles. The number of fused-ring (bicyclic) bond motifs is 1. The lowest BCUT2D eigenvalue weighted by Crippen LogP contribution is -2.42. The highest BCUT2D eigenvalue weighted by Gasteiger charge is 2.62. The smallest absolute Gasteiger partial charge is 0.390 e. The van der Waals surface area contributed by atoms with Crippen LogP contribution in [-0.2, 0) is 15.3 Å². The number of amides is 1. The Balaban J connectivity index is 1.64. The third-order valence-corrected chi connectivity index (χ3v) is 6.19. The maximum atomic E-state index is 14.4. The standard InChI is InChI=1S/C27H24Cl2F3N3O3/c1-25(2,3)37-34-11-10-33-24(36)22-9-8-21(19-6-4-5-7-20(19)22)23-15-26(38-35-23,27(30,31)32)16-12-17(28)14-18(29)13-16/h4-9,11-14H,10,15H2,1-3H3,(H,33,36)/b34-11-. The number of alkyl halides is 3. The minimum atomic E-state index is -4.82. The molecule has 6 nitrogen and oxygen atoms in total. The molecule has 200 valence electrons. The lowest BCUT2D eigenvalue weighted by atomic mass is 9.85. The average Bonchev–Trinajstić information content (AvgIpc) is 3.28. The minimum Gasteiger partial charge on any atom is -0.390 e. The Kier molecular flexibility index (Phi) is 7.63. The molecule has 0 aliphatic carbocycles. The Hall–Kier alpha value is -3.30. The van der Waals surface area contributed by atoms with Crippen LogP contribution in [0.3, 0.4) is 0 Å². The van der Waals surface area contributed by atoms with Crippen LogP contribution in [0.1, 0.15) is 48.7 Å². The van der Waals surface area contributed by atoms with E-state index in [0.29, 0.717) is 21.9 Å². The van der Waals surface area contributed by atoms with Gasteiger partial charge in [0.05, 0.1) is 18.5 Å². The molecule has 1 N–H and O–H groups in total. The average molecular weight is 566 g/mol. The van der Waals surface area contributed by atoms with Crippen LogP contribution >= 0.6 is 23.2 Å². The van der Waals surface area contributed by atoms with Crippen molar-refractivity contribution in [3.8, 4) is 0 Å². The number of rotatable bonds is 6. The van der Waals surface area contributed by atoms with Crippen LogP contribution in [0.4, 0.5) is 13.2 Å². The summed E-state index contributed by atoms with van der Waals surface area (Å²) in [6.45, 7) is 5.67. The van der Waals surface area contributed by atoms with E-state index in [4.69, 9.17) is 32.9 Å². The topological polar surface area (TPSA) is 72.3 Å². The Labute approximate surface area is 227 Å². The summed E-state index contributed by atoms with van der Waals surface area (Å²) in [5.74, 6) is -0.377. The molecule has 1 aliphatic rings. The molecule has 3 aromatic carbocycles. The SMILES string of the molecule is CC(C)(C)O/N=C\CNC(=O)c1ccc(C2=NOC(c3cc(Cl)cc(Cl)c3)(C(F)(F)F)C2)c2ccccc12. The monoisotopic (exact) mass is 565 g/mol. The van der Waals surface area contributed by atoms with Crippen LogP contribution in [0.15, 0.2) is 64.9 Å². The molecule has 0 bridgehead atoms. The summed E-state index contributed by atoms with van der Waals surface area (Å²) in [5, 5.41) is 11.6. The molecule has 1 atom stereocenters. The van der Waals surface area contributed by atoms with Crippen molar-refractivity contribution in [2.75, 3.05) is 6.54 Å². The molecule has 0 fully saturated rings. The molecule has 1 amide bonds. The van der Waals surface area contributed by atoms with E-state index >= 15 is 0 Å². The molecule has 0 spiro atoms. The minimum absolute atomic E-state index is 0.0454. The van der Waals surface area contributed by atoms with Crippen molar-refractivity contribution in [2.45, 2.75) is 44.6 Å². The van der Waals surface area contributed by atoms with Gasteiger partial charge in [0.15, 0.2) is 0 Å². The van der Waals surface area contributed by atoms with Crippen LogP contribution in [0.25, 0.3) is 10.8 Å². The van der Waals surface area contributed by atoms with Gasteiger partial charge in [-0.05, 0) is 55.8 Å². The fourth-order valence-electron chi connectivity index (χ4n) is 4.05. The molecule has 0 saturated heterocycles. The maximum Gasteiger partial charge on any atom is 0.435 e. The van der Waals surface area contributed by atoms with Crippen molar-refractivity contribution in [3.63, 3.8) is 0 Å². The van der Waals surface area contributed by atoms with Crippen LogP contribution in [-0.4, -0.2) is 36.2 Å². The van der Waals surface area contributed by atoms with Crippen molar-refractivity contribution in [2.24, 2.45) is 10.3 Å². The lowest BCUT2D eigenvalue weighted by Gasteiger charge is -2.29. The zero-order chi connectivity index (χ0) is 27.7. The van der Waals surface area contributed by atoms with Gasteiger partial charge >= 0.3 is 6.18 Å². The highest BCUT2D eigenvalue weighted by molar-refractivity contribution is 6.34. The molecule has 1 aliphatic heterocycles. The van der Waals surface area contributed by atoms with E-state index in [1.54, 1.807) is 36.4 Å². The largest absolute Gasteiger partial charge is 0.435 e. The third-order valence-electron chi connectivity index (χ3n) is 5.75. The maximum absolute atomic E-state index is 14.4. The van der Waals surface area contributed by atoms with Crippen LogP contribution in [0, 0.1) is 0 Å². The number of nitrogens with zero attached hydrogens (tertiary/aromatic N) is 2. The number of benzene rings is 3. The summed E-state index contributed by atoms with van der Waals surface area (Å²) >= 11 is 12.0. The van der Waals surface area contributed by atoms with Crippen molar-refractivity contribution in [1.82, 2.24) is 5.32 Å². The van der Waals surface area contributed by atoms with Gasteiger partial charge in [-0.3, -0.25) is 4.79 Å². The predicted octanol–water partition coefficient (Wildman–Crippen LogP) is 7.26. The van der Waals surface area contributed by atoms with Gasteiger partial charge in [-0.25, -0.2) is 0 Å². The van der Waals surface area contributed by atoms with Gasteiger partial charge in [-0.2, -0.15) is 13.2 Å². The first-order valence-electron chi connectivity index (χ1n) is 11.6. The van der Waals surface area contributed by atoms with Gasteiger partial charge in [0.2, 0.25) is 0 Å². The highest BCUT2D eigenvalue weighted by Crippen LogP contribution is 2.50. The predicted molar refractivity (Wildman–Crippen MR) is 142 cm³/mol. The number of halogens is 5. The second-order valence-corrected chi connectivity index (χ2v) is 10.6. The third kappa shape index (κ3) is 5.73. The van der Waals surface area contributed by atoms with E-state index in [1.165, 1.54) is 24.4 Å². The van der Waals surface area contributed by atoms with E-state index < -0.39 is 23.8 Å². The van der Waals surface area contributed by atoms with E-state index in [0.717, 1.165) is 0 Å². The van der Waals surface area contributed by atoms with Gasteiger partial charge in [0, 0.05) is 33.2 Å². The number of hydrogen-bond acceptors (Lipinski definition) is 5. The Bertz CT molecular complexity index is 1410. The molecule has 38 heavy (non-hydrogen) atoms. The molecule has 11 heteroatoms. The van der Waals surface area contributed by atoms with Crippen molar-refractivity contribution in [1.29, 1.82) is 0 Å². The second kappa shape index (κ2) is 10.5. The van der Waals surface area contributed by atoms with Crippen LogP contribution < -0.4 is 5.32 Å². The first-order chi connectivity index (χ1) is 17.8. The number of oxime groups is 2. The fourth-order valence-corrected chi connectivity index (χ4v) is 4.58.